The van der Waals surface area contributed by atoms with Crippen LogP contribution >= 0.6 is 11.8 Å². The number of thiocyanates is 1. The molecule has 0 saturated carbocycles. The molecule has 3 rings (SSSR count). The summed E-state index contributed by atoms with van der Waals surface area (Å²) in [6.07, 6.45) is 4.39. The van der Waals surface area contributed by atoms with Gasteiger partial charge in [-0.05, 0) is 83.6 Å². The van der Waals surface area contributed by atoms with E-state index < -0.39 is 11.6 Å². The van der Waals surface area contributed by atoms with Crippen LogP contribution in [0.25, 0.3) is 11.1 Å². The zero-order valence-electron chi connectivity index (χ0n) is 17.6. The Morgan fingerprint density at radius 3 is 2.19 bits per heavy atom. The molecule has 0 aliphatic rings. The number of halogens is 2. The van der Waals surface area contributed by atoms with E-state index in [9.17, 15) is 8.78 Å². The SMILES string of the molecule is CCCCc1ccc(C#Cc2ccc(-c3cc(F)c(SC#N)c(F)c3)cc2)c(CC)c1. The molecule has 156 valence electrons. The number of hydrogen-bond donors (Lipinski definition) is 0. The fourth-order valence-electron chi connectivity index (χ4n) is 3.35. The van der Waals surface area contributed by atoms with Crippen LogP contribution in [0.1, 0.15) is 48.9 Å². The van der Waals surface area contributed by atoms with Crippen molar-refractivity contribution in [1.82, 2.24) is 0 Å². The van der Waals surface area contributed by atoms with Crippen LogP contribution in [0.2, 0.25) is 0 Å². The van der Waals surface area contributed by atoms with E-state index in [1.165, 1.54) is 36.1 Å². The molecule has 0 unspecified atom stereocenters. The second kappa shape index (κ2) is 10.8. The minimum Gasteiger partial charge on any atom is -0.206 e. The van der Waals surface area contributed by atoms with Gasteiger partial charge in [0.15, 0.2) is 0 Å². The van der Waals surface area contributed by atoms with Gasteiger partial charge in [0.25, 0.3) is 0 Å². The smallest absolute Gasteiger partial charge is 0.141 e. The average Bonchev–Trinajstić information content (AvgIpc) is 2.79. The van der Waals surface area contributed by atoms with Crippen LogP contribution in [0.15, 0.2) is 59.5 Å². The van der Waals surface area contributed by atoms with Gasteiger partial charge in [-0.3, -0.25) is 0 Å². The van der Waals surface area contributed by atoms with Crippen molar-refractivity contribution in [2.24, 2.45) is 0 Å². The summed E-state index contributed by atoms with van der Waals surface area (Å²) in [6, 6.07) is 16.3. The van der Waals surface area contributed by atoms with Crippen LogP contribution in [-0.4, -0.2) is 0 Å². The number of rotatable bonds is 6. The van der Waals surface area contributed by atoms with Crippen LogP contribution in [-0.2, 0) is 12.8 Å². The van der Waals surface area contributed by atoms with Crippen LogP contribution in [0.3, 0.4) is 0 Å². The first-order valence-corrected chi connectivity index (χ1v) is 11.2. The highest BCUT2D eigenvalue weighted by atomic mass is 32.2. The molecule has 0 aliphatic carbocycles. The first-order valence-electron chi connectivity index (χ1n) is 10.3. The third-order valence-electron chi connectivity index (χ3n) is 5.08. The van der Waals surface area contributed by atoms with Gasteiger partial charge in [0.2, 0.25) is 0 Å². The largest absolute Gasteiger partial charge is 0.206 e. The Kier molecular flexibility index (Phi) is 7.88. The summed E-state index contributed by atoms with van der Waals surface area (Å²) < 4.78 is 28.2. The molecule has 0 bridgehead atoms. The lowest BCUT2D eigenvalue weighted by molar-refractivity contribution is 0.542. The Bertz CT molecular complexity index is 1140. The quantitative estimate of drug-likeness (QED) is 0.229. The molecule has 0 aliphatic heterocycles. The maximum atomic E-state index is 14.1. The number of unbranched alkanes of at least 4 members (excludes halogenated alkanes) is 1. The Hall–Kier alpha value is -3.08. The van der Waals surface area contributed by atoms with Gasteiger partial charge in [-0.1, -0.05) is 56.4 Å². The monoisotopic (exact) mass is 431 g/mol. The van der Waals surface area contributed by atoms with Gasteiger partial charge in [0.05, 0.1) is 4.90 Å². The summed E-state index contributed by atoms with van der Waals surface area (Å²) in [5.41, 5.74) is 5.57. The third-order valence-corrected chi connectivity index (χ3v) is 5.76. The van der Waals surface area contributed by atoms with Crippen LogP contribution in [0.5, 0.6) is 0 Å². The fourth-order valence-corrected chi connectivity index (χ4v) is 3.76. The normalized spacial score (nSPS) is 10.3. The predicted molar refractivity (Wildman–Crippen MR) is 124 cm³/mol. The Balaban J connectivity index is 1.81. The molecular formula is C27H23F2NS. The standard InChI is InChI=1S/C27H23F2NS/c1-3-5-6-20-10-14-22(21(4-2)15-20)11-7-19-8-12-23(13-9-19)24-16-25(28)27(31-18-30)26(29)17-24/h8-10,12-17H,3-6H2,1-2H3. The molecule has 0 radical (unpaired) electrons. The fraction of sp³-hybridized carbons (Fsp3) is 0.222. The molecule has 4 heteroatoms. The highest BCUT2D eigenvalue weighted by Crippen LogP contribution is 2.30. The summed E-state index contributed by atoms with van der Waals surface area (Å²) in [4.78, 5) is -0.277. The summed E-state index contributed by atoms with van der Waals surface area (Å²) in [5, 5.41) is 10.4. The van der Waals surface area contributed by atoms with Crippen molar-refractivity contribution >= 4 is 11.8 Å². The maximum Gasteiger partial charge on any atom is 0.141 e. The van der Waals surface area contributed by atoms with Crippen molar-refractivity contribution in [1.29, 1.82) is 5.26 Å². The molecular weight excluding hydrogens is 408 g/mol. The Labute approximate surface area is 187 Å². The predicted octanol–water partition coefficient (Wildman–Crippen LogP) is 7.51. The van der Waals surface area contributed by atoms with E-state index in [0.29, 0.717) is 22.9 Å². The Morgan fingerprint density at radius 2 is 1.58 bits per heavy atom. The molecule has 3 aromatic rings. The lowest BCUT2D eigenvalue weighted by Gasteiger charge is -2.06. The van der Waals surface area contributed by atoms with E-state index in [1.807, 2.05) is 12.1 Å². The van der Waals surface area contributed by atoms with Crippen molar-refractivity contribution in [3.63, 3.8) is 0 Å². The first-order chi connectivity index (χ1) is 15.0. The minimum absolute atomic E-state index is 0.277. The molecule has 3 aromatic carbocycles. The summed E-state index contributed by atoms with van der Waals surface area (Å²) >= 11 is 0.484. The van der Waals surface area contributed by atoms with Crippen molar-refractivity contribution in [2.45, 2.75) is 44.4 Å². The lowest BCUT2D eigenvalue weighted by Crippen LogP contribution is -1.92. The number of nitrogens with zero attached hydrogens (tertiary/aromatic N) is 1. The lowest BCUT2D eigenvalue weighted by atomic mass is 9.99. The molecule has 0 N–H and O–H groups in total. The molecule has 0 spiro atoms. The molecule has 0 amide bonds. The second-order valence-corrected chi connectivity index (χ2v) is 8.03. The van der Waals surface area contributed by atoms with Gasteiger partial charge in [0.1, 0.15) is 17.0 Å². The van der Waals surface area contributed by atoms with Gasteiger partial charge in [-0.15, -0.1) is 0 Å². The summed E-state index contributed by atoms with van der Waals surface area (Å²) in [5.74, 6) is 4.98. The van der Waals surface area contributed by atoms with E-state index in [4.69, 9.17) is 5.26 Å². The van der Waals surface area contributed by atoms with Crippen LogP contribution in [0, 0.1) is 34.1 Å². The number of hydrogen-bond acceptors (Lipinski definition) is 2. The average molecular weight is 432 g/mol. The van der Waals surface area contributed by atoms with E-state index in [-0.39, 0.29) is 4.90 Å². The Morgan fingerprint density at radius 1 is 0.871 bits per heavy atom. The highest BCUT2D eigenvalue weighted by Gasteiger charge is 2.12. The molecule has 0 heterocycles. The van der Waals surface area contributed by atoms with E-state index in [2.05, 4.69) is 43.9 Å². The number of thioether (sulfide) groups is 1. The van der Waals surface area contributed by atoms with E-state index in [0.717, 1.165) is 24.0 Å². The minimum atomic E-state index is -0.736. The summed E-state index contributed by atoms with van der Waals surface area (Å²) in [6.45, 7) is 4.33. The van der Waals surface area contributed by atoms with Crippen molar-refractivity contribution in [2.75, 3.05) is 0 Å². The molecule has 0 atom stereocenters. The molecule has 1 nitrogen and oxygen atoms in total. The second-order valence-electron chi connectivity index (χ2n) is 7.24. The maximum absolute atomic E-state index is 14.1. The third kappa shape index (κ3) is 5.75. The van der Waals surface area contributed by atoms with Crippen molar-refractivity contribution in [3.05, 3.63) is 88.5 Å². The van der Waals surface area contributed by atoms with Gasteiger partial charge in [0, 0.05) is 11.1 Å². The van der Waals surface area contributed by atoms with Gasteiger partial charge < -0.3 is 0 Å². The number of nitriles is 1. The van der Waals surface area contributed by atoms with E-state index in [1.54, 1.807) is 17.5 Å². The van der Waals surface area contributed by atoms with E-state index >= 15 is 0 Å². The van der Waals surface area contributed by atoms with Crippen molar-refractivity contribution < 1.29 is 8.78 Å². The van der Waals surface area contributed by atoms with Crippen LogP contribution in [0.4, 0.5) is 8.78 Å². The molecule has 31 heavy (non-hydrogen) atoms. The van der Waals surface area contributed by atoms with Gasteiger partial charge in [-0.25, -0.2) is 8.78 Å². The zero-order valence-corrected chi connectivity index (χ0v) is 18.5. The summed E-state index contributed by atoms with van der Waals surface area (Å²) in [7, 11) is 0. The van der Waals surface area contributed by atoms with Gasteiger partial charge in [-0.2, -0.15) is 5.26 Å². The topological polar surface area (TPSA) is 23.8 Å². The number of benzene rings is 3. The highest BCUT2D eigenvalue weighted by molar-refractivity contribution is 8.03. The molecule has 0 fully saturated rings. The van der Waals surface area contributed by atoms with Gasteiger partial charge >= 0.3 is 0 Å². The molecule has 0 saturated heterocycles. The zero-order chi connectivity index (χ0) is 22.2. The number of aryl methyl sites for hydroxylation is 2. The molecule has 0 aromatic heterocycles. The van der Waals surface area contributed by atoms with Crippen molar-refractivity contribution in [3.8, 4) is 28.4 Å². The van der Waals surface area contributed by atoms with Crippen LogP contribution < -0.4 is 0 Å². The first kappa shape index (κ1) is 22.6.